The number of hydrogen-bond acceptors (Lipinski definition) is 4. The molecule has 0 fully saturated rings. The monoisotopic (exact) mass is 417 g/mol. The lowest BCUT2D eigenvalue weighted by Gasteiger charge is -2.14. The molecule has 2 aromatic carbocycles. The number of halogens is 2. The Balaban J connectivity index is 0.00000225. The lowest BCUT2D eigenvalue weighted by atomic mass is 10.0. The average Bonchev–Trinajstić information content (AvgIpc) is 2.79. The molecule has 0 radical (unpaired) electrons. The molecule has 0 atom stereocenters. The third-order valence-electron chi connectivity index (χ3n) is 4.17. The van der Waals surface area contributed by atoms with E-state index in [4.69, 9.17) is 11.6 Å². The second kappa shape index (κ2) is 8.78. The van der Waals surface area contributed by atoms with E-state index in [1.54, 1.807) is 23.9 Å². The van der Waals surface area contributed by atoms with E-state index in [2.05, 4.69) is 11.4 Å². The number of sulfone groups is 1. The fourth-order valence-electron chi connectivity index (χ4n) is 2.85. The van der Waals surface area contributed by atoms with E-state index in [-0.39, 0.29) is 12.4 Å². The van der Waals surface area contributed by atoms with Crippen LogP contribution in [0.3, 0.4) is 0 Å². The number of benzene rings is 2. The minimum Gasteiger partial charge on any atom is -0.316 e. The summed E-state index contributed by atoms with van der Waals surface area (Å²) in [7, 11) is -3.14. The Bertz CT molecular complexity index is 837. The summed E-state index contributed by atoms with van der Waals surface area (Å²) in [5.41, 5.74) is 3.82. The van der Waals surface area contributed by atoms with E-state index >= 15 is 0 Å². The predicted octanol–water partition coefficient (Wildman–Crippen LogP) is 4.15. The van der Waals surface area contributed by atoms with Crippen molar-refractivity contribution in [1.82, 2.24) is 5.32 Å². The van der Waals surface area contributed by atoms with Gasteiger partial charge < -0.3 is 5.32 Å². The number of thioether (sulfide) groups is 1. The molecule has 0 saturated carbocycles. The molecule has 7 heteroatoms. The van der Waals surface area contributed by atoms with Gasteiger partial charge in [-0.2, -0.15) is 0 Å². The smallest absolute Gasteiger partial charge is 0.175 e. The summed E-state index contributed by atoms with van der Waals surface area (Å²) in [4.78, 5) is 1.51. The minimum atomic E-state index is -3.14. The minimum absolute atomic E-state index is 0. The maximum atomic E-state index is 11.5. The third-order valence-corrected chi connectivity index (χ3v) is 6.96. The van der Waals surface area contributed by atoms with Gasteiger partial charge in [-0.1, -0.05) is 29.8 Å². The summed E-state index contributed by atoms with van der Waals surface area (Å²) >= 11 is 8.17. The molecule has 3 nitrogen and oxygen atoms in total. The van der Waals surface area contributed by atoms with Gasteiger partial charge >= 0.3 is 0 Å². The van der Waals surface area contributed by atoms with E-state index in [9.17, 15) is 8.42 Å². The molecule has 0 aliphatic carbocycles. The highest BCUT2D eigenvalue weighted by Crippen LogP contribution is 2.36. The lowest BCUT2D eigenvalue weighted by molar-refractivity contribution is 0.602. The summed E-state index contributed by atoms with van der Waals surface area (Å²) in [6.45, 7) is 1.98. The molecule has 0 amide bonds. The Morgan fingerprint density at radius 3 is 2.44 bits per heavy atom. The Hall–Kier alpha value is -0.720. The van der Waals surface area contributed by atoms with Crippen LogP contribution in [0, 0.1) is 0 Å². The quantitative estimate of drug-likeness (QED) is 0.758. The molecule has 2 aromatic rings. The molecule has 1 aliphatic heterocycles. The van der Waals surface area contributed by atoms with Crippen LogP contribution in [0.15, 0.2) is 46.2 Å². The topological polar surface area (TPSA) is 46.2 Å². The van der Waals surface area contributed by atoms with E-state index in [0.29, 0.717) is 4.90 Å². The first kappa shape index (κ1) is 20.6. The summed E-state index contributed by atoms with van der Waals surface area (Å²) in [6, 6.07) is 11.2. The van der Waals surface area contributed by atoms with Crippen LogP contribution in [0.2, 0.25) is 5.02 Å². The summed E-state index contributed by atoms with van der Waals surface area (Å²) in [5, 5.41) is 4.23. The Morgan fingerprint density at radius 2 is 1.76 bits per heavy atom. The number of nitrogens with one attached hydrogen (secondary N) is 1. The number of rotatable bonds is 4. The van der Waals surface area contributed by atoms with Crippen molar-refractivity contribution in [3.8, 4) is 0 Å². The molecule has 1 aliphatic rings. The van der Waals surface area contributed by atoms with Crippen LogP contribution in [-0.2, 0) is 28.4 Å². The molecule has 0 saturated heterocycles. The van der Waals surface area contributed by atoms with Gasteiger partial charge in [-0.15, -0.1) is 24.2 Å². The van der Waals surface area contributed by atoms with Gasteiger partial charge in [0, 0.05) is 16.9 Å². The highest BCUT2D eigenvalue weighted by Gasteiger charge is 2.15. The average molecular weight is 418 g/mol. The zero-order valence-corrected chi connectivity index (χ0v) is 17.1. The fourth-order valence-corrected chi connectivity index (χ4v) is 4.94. The molecule has 1 N–H and O–H groups in total. The number of fused-ring (bicyclic) bond motifs is 1. The van der Waals surface area contributed by atoms with Crippen LogP contribution >= 0.6 is 35.8 Å². The van der Waals surface area contributed by atoms with Gasteiger partial charge in [-0.05, 0) is 60.8 Å². The molecule has 0 aromatic heterocycles. The first-order valence-corrected chi connectivity index (χ1v) is 11.1. The molecule has 25 heavy (non-hydrogen) atoms. The SMILES string of the molecule is CS(=O)(=O)c1ccc(CSc2c(Cl)ccc3c2CCNCC3)cc1.Cl. The van der Waals surface area contributed by atoms with Gasteiger partial charge in [-0.3, -0.25) is 0 Å². The molecular formula is C18H21Cl2NO2S2. The molecule has 1 heterocycles. The zero-order valence-electron chi connectivity index (χ0n) is 13.9. The molecule has 136 valence electrons. The van der Waals surface area contributed by atoms with Gasteiger partial charge in [0.25, 0.3) is 0 Å². The summed E-state index contributed by atoms with van der Waals surface area (Å²) < 4.78 is 23.1. The van der Waals surface area contributed by atoms with Crippen molar-refractivity contribution in [2.75, 3.05) is 19.3 Å². The molecule has 0 spiro atoms. The highest BCUT2D eigenvalue weighted by molar-refractivity contribution is 7.98. The van der Waals surface area contributed by atoms with Crippen LogP contribution in [0.1, 0.15) is 16.7 Å². The maximum Gasteiger partial charge on any atom is 0.175 e. The van der Waals surface area contributed by atoms with Crippen LogP contribution in [0.5, 0.6) is 0 Å². The summed E-state index contributed by atoms with van der Waals surface area (Å²) in [6.07, 6.45) is 3.25. The van der Waals surface area contributed by atoms with Gasteiger partial charge in [0.15, 0.2) is 9.84 Å². The molecule has 0 unspecified atom stereocenters. The highest BCUT2D eigenvalue weighted by atomic mass is 35.5. The van der Waals surface area contributed by atoms with Gasteiger partial charge in [0.1, 0.15) is 0 Å². The Labute approximate surface area is 164 Å². The van der Waals surface area contributed by atoms with Gasteiger partial charge in [0.05, 0.1) is 9.92 Å². The summed E-state index contributed by atoms with van der Waals surface area (Å²) in [5.74, 6) is 0.771. The second-order valence-corrected chi connectivity index (χ2v) is 9.38. The van der Waals surface area contributed by atoms with Crippen molar-refractivity contribution < 1.29 is 8.42 Å². The van der Waals surface area contributed by atoms with Crippen molar-refractivity contribution in [2.45, 2.75) is 28.4 Å². The lowest BCUT2D eigenvalue weighted by Crippen LogP contribution is -2.16. The standard InChI is InChI=1S/C18H20ClNO2S2.ClH/c1-24(21,22)15-5-2-13(3-6-15)12-23-18-16-9-11-20-10-8-14(16)4-7-17(18)19;/h2-7,20H,8-12H2,1H3;1H. The first-order chi connectivity index (χ1) is 11.4. The zero-order chi connectivity index (χ0) is 17.2. The largest absolute Gasteiger partial charge is 0.316 e. The first-order valence-electron chi connectivity index (χ1n) is 7.88. The second-order valence-electron chi connectivity index (χ2n) is 5.97. The van der Waals surface area contributed by atoms with E-state index in [0.717, 1.165) is 47.2 Å². The van der Waals surface area contributed by atoms with Gasteiger partial charge in [-0.25, -0.2) is 8.42 Å². The predicted molar refractivity (Wildman–Crippen MR) is 108 cm³/mol. The Morgan fingerprint density at radius 1 is 1.08 bits per heavy atom. The van der Waals surface area contributed by atoms with Crippen LogP contribution in [0.25, 0.3) is 0 Å². The normalized spacial score (nSPS) is 14.3. The van der Waals surface area contributed by atoms with E-state index in [1.165, 1.54) is 17.4 Å². The van der Waals surface area contributed by atoms with Crippen LogP contribution < -0.4 is 5.32 Å². The van der Waals surface area contributed by atoms with E-state index in [1.807, 2.05) is 18.2 Å². The maximum absolute atomic E-state index is 11.5. The third kappa shape index (κ3) is 5.14. The van der Waals surface area contributed by atoms with E-state index < -0.39 is 9.84 Å². The molecule has 3 rings (SSSR count). The molecule has 0 bridgehead atoms. The van der Waals surface area contributed by atoms with Crippen molar-refractivity contribution >= 4 is 45.6 Å². The van der Waals surface area contributed by atoms with Crippen molar-refractivity contribution in [1.29, 1.82) is 0 Å². The van der Waals surface area contributed by atoms with Crippen molar-refractivity contribution in [3.05, 3.63) is 58.1 Å². The van der Waals surface area contributed by atoms with Crippen molar-refractivity contribution in [3.63, 3.8) is 0 Å². The van der Waals surface area contributed by atoms with Crippen molar-refractivity contribution in [2.24, 2.45) is 0 Å². The fraction of sp³-hybridized carbons (Fsp3) is 0.333. The Kier molecular flexibility index (Phi) is 7.23. The van der Waals surface area contributed by atoms with Crippen LogP contribution in [-0.4, -0.2) is 27.8 Å². The van der Waals surface area contributed by atoms with Crippen LogP contribution in [0.4, 0.5) is 0 Å². The van der Waals surface area contributed by atoms with Gasteiger partial charge in [0.2, 0.25) is 0 Å². The number of hydrogen-bond donors (Lipinski definition) is 1. The molecular weight excluding hydrogens is 397 g/mol.